The molecule has 1 fully saturated rings. The summed E-state index contributed by atoms with van der Waals surface area (Å²) in [5.74, 6) is 0.0372. The van der Waals surface area contributed by atoms with Crippen LogP contribution in [0.2, 0.25) is 0 Å². The standard InChI is InChI=1S/C17H26N4O5S.ClH/c18-9-4-2-1-3-8-17(22)19-10-12-20(13-11-19)27(25,26)16-7-5-6-15(14-16)21(23)24;/h5-7,14H,1-4,8-13,18H2;1H. The number of carbonyl (C=O) groups is 1. The summed E-state index contributed by atoms with van der Waals surface area (Å²) in [4.78, 5) is 24.1. The molecule has 2 rings (SSSR count). The van der Waals surface area contributed by atoms with E-state index in [1.807, 2.05) is 0 Å². The summed E-state index contributed by atoms with van der Waals surface area (Å²) >= 11 is 0. The van der Waals surface area contributed by atoms with E-state index in [1.165, 1.54) is 22.5 Å². The monoisotopic (exact) mass is 434 g/mol. The summed E-state index contributed by atoms with van der Waals surface area (Å²) in [5, 5.41) is 10.9. The van der Waals surface area contributed by atoms with Gasteiger partial charge in [0.25, 0.3) is 5.69 Å². The van der Waals surface area contributed by atoms with Gasteiger partial charge in [-0.15, -0.1) is 12.4 Å². The molecule has 11 heteroatoms. The molecule has 1 aromatic rings. The summed E-state index contributed by atoms with van der Waals surface area (Å²) in [6.07, 6.45) is 4.21. The van der Waals surface area contributed by atoms with E-state index >= 15 is 0 Å². The van der Waals surface area contributed by atoms with Gasteiger partial charge in [0.15, 0.2) is 0 Å². The van der Waals surface area contributed by atoms with Gasteiger partial charge in [-0.05, 0) is 25.5 Å². The number of unbranched alkanes of at least 4 members (excludes halogenated alkanes) is 3. The first-order valence-corrected chi connectivity index (χ1v) is 10.5. The Morgan fingerprint density at radius 3 is 2.36 bits per heavy atom. The van der Waals surface area contributed by atoms with Crippen LogP contribution >= 0.6 is 12.4 Å². The number of hydrogen-bond acceptors (Lipinski definition) is 6. The maximum atomic E-state index is 12.7. The number of hydrogen-bond donors (Lipinski definition) is 1. The van der Waals surface area contributed by atoms with Crippen LogP contribution in [0.4, 0.5) is 5.69 Å². The van der Waals surface area contributed by atoms with Crippen molar-refractivity contribution in [2.24, 2.45) is 5.73 Å². The van der Waals surface area contributed by atoms with Gasteiger partial charge >= 0.3 is 0 Å². The van der Waals surface area contributed by atoms with Crippen LogP contribution in [0.15, 0.2) is 29.2 Å². The number of non-ortho nitro benzene ring substituents is 1. The molecule has 9 nitrogen and oxygen atoms in total. The van der Waals surface area contributed by atoms with Crippen molar-refractivity contribution in [2.75, 3.05) is 32.7 Å². The second kappa shape index (κ2) is 11.3. The average molecular weight is 435 g/mol. The van der Waals surface area contributed by atoms with Crippen molar-refractivity contribution in [3.8, 4) is 0 Å². The molecule has 0 bridgehead atoms. The van der Waals surface area contributed by atoms with E-state index in [2.05, 4.69) is 0 Å². The first-order valence-electron chi connectivity index (χ1n) is 9.08. The molecule has 0 aliphatic carbocycles. The van der Waals surface area contributed by atoms with Gasteiger partial charge in [-0.25, -0.2) is 8.42 Å². The van der Waals surface area contributed by atoms with Crippen molar-refractivity contribution < 1.29 is 18.1 Å². The summed E-state index contributed by atoms with van der Waals surface area (Å²) < 4.78 is 26.7. The van der Waals surface area contributed by atoms with Crippen molar-refractivity contribution in [1.82, 2.24) is 9.21 Å². The van der Waals surface area contributed by atoms with Gasteiger partial charge in [-0.3, -0.25) is 14.9 Å². The lowest BCUT2D eigenvalue weighted by atomic mass is 10.1. The van der Waals surface area contributed by atoms with Crippen LogP contribution in [0.5, 0.6) is 0 Å². The van der Waals surface area contributed by atoms with Crippen LogP contribution in [0.25, 0.3) is 0 Å². The van der Waals surface area contributed by atoms with E-state index in [9.17, 15) is 23.3 Å². The summed E-state index contributed by atoms with van der Waals surface area (Å²) in [7, 11) is -3.82. The van der Waals surface area contributed by atoms with Gasteiger partial charge in [-0.1, -0.05) is 18.9 Å². The quantitative estimate of drug-likeness (QED) is 0.358. The van der Waals surface area contributed by atoms with E-state index < -0.39 is 14.9 Å². The molecule has 0 spiro atoms. The number of nitrogens with two attached hydrogens (primary N) is 1. The average Bonchev–Trinajstić information content (AvgIpc) is 2.68. The van der Waals surface area contributed by atoms with Crippen molar-refractivity contribution in [1.29, 1.82) is 0 Å². The fraction of sp³-hybridized carbons (Fsp3) is 0.588. The summed E-state index contributed by atoms with van der Waals surface area (Å²) in [6.45, 7) is 1.69. The molecule has 2 N–H and O–H groups in total. The molecular formula is C17H27ClN4O5S. The molecule has 1 amide bonds. The minimum absolute atomic E-state index is 0. The lowest BCUT2D eigenvalue weighted by Crippen LogP contribution is -2.50. The number of rotatable bonds is 9. The highest BCUT2D eigenvalue weighted by atomic mass is 35.5. The SMILES string of the molecule is Cl.NCCCCCCC(=O)N1CCN(S(=O)(=O)c2cccc([N+](=O)[O-])c2)CC1. The molecule has 0 aromatic heterocycles. The molecule has 0 radical (unpaired) electrons. The number of amides is 1. The first-order chi connectivity index (χ1) is 12.9. The third-order valence-electron chi connectivity index (χ3n) is 4.60. The molecule has 1 heterocycles. The third-order valence-corrected chi connectivity index (χ3v) is 6.50. The molecule has 1 aromatic carbocycles. The van der Waals surface area contributed by atoms with Gasteiger partial charge in [0.2, 0.25) is 15.9 Å². The van der Waals surface area contributed by atoms with E-state index in [4.69, 9.17) is 5.73 Å². The maximum Gasteiger partial charge on any atom is 0.270 e. The molecule has 1 aliphatic heterocycles. The third kappa shape index (κ3) is 6.40. The Bertz CT molecular complexity index is 767. The number of sulfonamides is 1. The van der Waals surface area contributed by atoms with Gasteiger partial charge < -0.3 is 10.6 Å². The first kappa shape index (κ1) is 24.3. The van der Waals surface area contributed by atoms with E-state index in [-0.39, 0.29) is 42.0 Å². The number of nitro benzene ring substituents is 1. The number of nitrogens with zero attached hydrogens (tertiary/aromatic N) is 3. The van der Waals surface area contributed by atoms with Crippen LogP contribution < -0.4 is 5.73 Å². The largest absolute Gasteiger partial charge is 0.340 e. The van der Waals surface area contributed by atoms with Crippen molar-refractivity contribution in [3.05, 3.63) is 34.4 Å². The molecule has 28 heavy (non-hydrogen) atoms. The van der Waals surface area contributed by atoms with E-state index in [0.717, 1.165) is 31.7 Å². The van der Waals surface area contributed by atoms with Crippen LogP contribution in [-0.4, -0.2) is 61.2 Å². The molecule has 0 unspecified atom stereocenters. The van der Waals surface area contributed by atoms with Gasteiger partial charge in [-0.2, -0.15) is 4.31 Å². The fourth-order valence-electron chi connectivity index (χ4n) is 3.02. The van der Waals surface area contributed by atoms with Gasteiger partial charge in [0.05, 0.1) is 9.82 Å². The number of carbonyl (C=O) groups excluding carboxylic acids is 1. The molecule has 0 atom stereocenters. The number of halogens is 1. The summed E-state index contributed by atoms with van der Waals surface area (Å²) in [5.41, 5.74) is 5.17. The predicted molar refractivity (Wildman–Crippen MR) is 108 cm³/mol. The second-order valence-electron chi connectivity index (χ2n) is 6.49. The Balaban J connectivity index is 0.00000392. The Hall–Kier alpha value is -1.75. The normalized spacial score (nSPS) is 15.1. The maximum absolute atomic E-state index is 12.7. The van der Waals surface area contributed by atoms with Crippen LogP contribution in [0, 0.1) is 10.1 Å². The van der Waals surface area contributed by atoms with Crippen molar-refractivity contribution in [3.63, 3.8) is 0 Å². The zero-order valence-corrected chi connectivity index (χ0v) is 17.3. The smallest absolute Gasteiger partial charge is 0.270 e. The molecular weight excluding hydrogens is 408 g/mol. The van der Waals surface area contributed by atoms with Crippen molar-refractivity contribution in [2.45, 2.75) is 37.0 Å². The van der Waals surface area contributed by atoms with Gasteiger partial charge in [0.1, 0.15) is 0 Å². The van der Waals surface area contributed by atoms with Crippen LogP contribution in [-0.2, 0) is 14.8 Å². The Morgan fingerprint density at radius 1 is 1.11 bits per heavy atom. The number of piperazine rings is 1. The minimum atomic E-state index is -3.82. The Kier molecular flexibility index (Phi) is 9.80. The van der Waals surface area contributed by atoms with Crippen molar-refractivity contribution >= 4 is 34.0 Å². The van der Waals surface area contributed by atoms with Gasteiger partial charge in [0, 0.05) is 44.7 Å². The Morgan fingerprint density at radius 2 is 1.75 bits per heavy atom. The minimum Gasteiger partial charge on any atom is -0.340 e. The highest BCUT2D eigenvalue weighted by Gasteiger charge is 2.30. The molecule has 158 valence electrons. The topological polar surface area (TPSA) is 127 Å². The zero-order chi connectivity index (χ0) is 19.9. The fourth-order valence-corrected chi connectivity index (χ4v) is 4.48. The number of benzene rings is 1. The number of nitro groups is 1. The second-order valence-corrected chi connectivity index (χ2v) is 8.43. The lowest BCUT2D eigenvalue weighted by molar-refractivity contribution is -0.385. The molecule has 1 saturated heterocycles. The molecule has 1 aliphatic rings. The zero-order valence-electron chi connectivity index (χ0n) is 15.7. The molecule has 0 saturated carbocycles. The van der Waals surface area contributed by atoms with Crippen LogP contribution in [0.3, 0.4) is 0 Å². The Labute approximate surface area is 171 Å². The highest BCUT2D eigenvalue weighted by Crippen LogP contribution is 2.22. The summed E-state index contributed by atoms with van der Waals surface area (Å²) in [6, 6.07) is 5.02. The highest BCUT2D eigenvalue weighted by molar-refractivity contribution is 7.89. The lowest BCUT2D eigenvalue weighted by Gasteiger charge is -2.34. The van der Waals surface area contributed by atoms with Crippen LogP contribution in [0.1, 0.15) is 32.1 Å². The predicted octanol–water partition coefficient (Wildman–Crippen LogP) is 1.76. The van der Waals surface area contributed by atoms with E-state index in [1.54, 1.807) is 4.90 Å². The van der Waals surface area contributed by atoms with E-state index in [0.29, 0.717) is 26.1 Å².